The van der Waals surface area contributed by atoms with E-state index in [1.807, 2.05) is 19.1 Å². The predicted octanol–water partition coefficient (Wildman–Crippen LogP) is 3.41. The van der Waals surface area contributed by atoms with Crippen LogP contribution in [-0.4, -0.2) is 37.8 Å². The summed E-state index contributed by atoms with van der Waals surface area (Å²) in [7, 11) is 3.49. The smallest absolute Gasteiger partial charge is 0.337 e. The average Bonchev–Trinajstić information content (AvgIpc) is 3.24. The molecule has 0 aliphatic rings. The predicted molar refractivity (Wildman–Crippen MR) is 92.8 cm³/mol. The number of amides is 1. The Morgan fingerprint density at radius 3 is 2.63 bits per heavy atom. The Bertz CT molecular complexity index is 974. The van der Waals surface area contributed by atoms with Crippen LogP contribution in [0.5, 0.6) is 0 Å². The quantitative estimate of drug-likeness (QED) is 0.758. The Labute approximate surface area is 153 Å². The normalized spacial score (nSPS) is 11.6. The van der Waals surface area contributed by atoms with Crippen LogP contribution in [0.15, 0.2) is 36.5 Å². The van der Waals surface area contributed by atoms with Crippen LogP contribution in [0.25, 0.3) is 11.3 Å². The fraction of sp³-hybridized carbons (Fsp3) is 0.278. The van der Waals surface area contributed by atoms with E-state index >= 15 is 0 Å². The van der Waals surface area contributed by atoms with Crippen LogP contribution >= 0.6 is 0 Å². The van der Waals surface area contributed by atoms with Crippen LogP contribution in [0.4, 0.5) is 13.2 Å². The number of aryl methyl sites for hydroxylation is 1. The lowest BCUT2D eigenvalue weighted by Crippen LogP contribution is -2.26. The molecule has 2 aromatic heterocycles. The molecule has 0 aliphatic heterocycles. The highest BCUT2D eigenvalue weighted by Gasteiger charge is 2.33. The van der Waals surface area contributed by atoms with E-state index in [-0.39, 0.29) is 11.6 Å². The number of halogens is 3. The zero-order valence-corrected chi connectivity index (χ0v) is 15.0. The van der Waals surface area contributed by atoms with Gasteiger partial charge in [0.25, 0.3) is 5.91 Å². The van der Waals surface area contributed by atoms with Gasteiger partial charge >= 0.3 is 6.18 Å². The van der Waals surface area contributed by atoms with Gasteiger partial charge in [-0.05, 0) is 25.1 Å². The number of carbonyl (C=O) groups is 1. The first-order valence-electron chi connectivity index (χ1n) is 8.13. The molecule has 27 heavy (non-hydrogen) atoms. The minimum atomic E-state index is -4.50. The Kier molecular flexibility index (Phi) is 4.77. The van der Waals surface area contributed by atoms with E-state index in [0.29, 0.717) is 17.7 Å². The van der Waals surface area contributed by atoms with Gasteiger partial charge in [-0.1, -0.05) is 12.1 Å². The number of benzene rings is 1. The second kappa shape index (κ2) is 6.90. The molecule has 2 heterocycles. The van der Waals surface area contributed by atoms with Gasteiger partial charge in [0.2, 0.25) is 0 Å². The van der Waals surface area contributed by atoms with Crippen LogP contribution in [0.1, 0.15) is 27.3 Å². The summed E-state index contributed by atoms with van der Waals surface area (Å²) < 4.78 is 39.9. The third kappa shape index (κ3) is 3.86. The summed E-state index contributed by atoms with van der Waals surface area (Å²) in [6.07, 6.45) is -2.79. The lowest BCUT2D eigenvalue weighted by Gasteiger charge is -2.17. The number of hydrogen-bond donors (Lipinski definition) is 1. The highest BCUT2D eigenvalue weighted by molar-refractivity contribution is 5.95. The summed E-state index contributed by atoms with van der Waals surface area (Å²) in [5.74, 6) is -0.244. The molecule has 0 aliphatic carbocycles. The standard InChI is InChI=1S/C18H18F3N5O/c1-11-14(9-22-26(11)3)10-25(2)17(27)13-6-4-5-12(7-13)15-8-16(24-23-15)18(19,20)21/h4-9H,10H2,1-3H3,(H,23,24). The van der Waals surface area contributed by atoms with Crippen molar-refractivity contribution in [2.24, 2.45) is 7.05 Å². The lowest BCUT2D eigenvalue weighted by molar-refractivity contribution is -0.141. The molecule has 0 saturated carbocycles. The molecule has 9 heteroatoms. The van der Waals surface area contributed by atoms with E-state index in [2.05, 4.69) is 10.2 Å². The second-order valence-corrected chi connectivity index (χ2v) is 6.29. The molecule has 0 unspecified atom stereocenters. The summed E-state index contributed by atoms with van der Waals surface area (Å²) in [6, 6.07) is 7.30. The second-order valence-electron chi connectivity index (χ2n) is 6.29. The largest absolute Gasteiger partial charge is 0.432 e. The van der Waals surface area contributed by atoms with Gasteiger partial charge in [0.15, 0.2) is 0 Å². The van der Waals surface area contributed by atoms with Gasteiger partial charge in [-0.2, -0.15) is 23.4 Å². The molecule has 3 rings (SSSR count). The van der Waals surface area contributed by atoms with Gasteiger partial charge in [-0.15, -0.1) is 0 Å². The number of aromatic amines is 1. The highest BCUT2D eigenvalue weighted by Crippen LogP contribution is 2.30. The van der Waals surface area contributed by atoms with Crippen molar-refractivity contribution < 1.29 is 18.0 Å². The van der Waals surface area contributed by atoms with Crippen molar-refractivity contribution in [1.82, 2.24) is 24.9 Å². The molecular formula is C18H18F3N5O. The third-order valence-electron chi connectivity index (χ3n) is 4.38. The number of rotatable bonds is 4. The zero-order valence-electron chi connectivity index (χ0n) is 15.0. The maximum atomic E-state index is 12.7. The number of nitrogens with one attached hydrogen (secondary N) is 1. The molecule has 1 N–H and O–H groups in total. The van der Waals surface area contributed by atoms with Crippen molar-refractivity contribution in [2.75, 3.05) is 7.05 Å². The fourth-order valence-corrected chi connectivity index (χ4v) is 2.67. The van der Waals surface area contributed by atoms with Crippen LogP contribution in [0.2, 0.25) is 0 Å². The van der Waals surface area contributed by atoms with Crippen molar-refractivity contribution in [3.8, 4) is 11.3 Å². The number of aromatic nitrogens is 4. The van der Waals surface area contributed by atoms with Gasteiger partial charge in [0.1, 0.15) is 5.69 Å². The Morgan fingerprint density at radius 2 is 2.04 bits per heavy atom. The van der Waals surface area contributed by atoms with E-state index in [4.69, 9.17) is 0 Å². The number of alkyl halides is 3. The maximum Gasteiger partial charge on any atom is 0.432 e. The van der Waals surface area contributed by atoms with Gasteiger partial charge in [-0.3, -0.25) is 14.6 Å². The maximum absolute atomic E-state index is 12.7. The van der Waals surface area contributed by atoms with E-state index < -0.39 is 11.9 Å². The molecule has 6 nitrogen and oxygen atoms in total. The Morgan fingerprint density at radius 1 is 1.30 bits per heavy atom. The number of nitrogens with zero attached hydrogens (tertiary/aromatic N) is 4. The minimum absolute atomic E-state index is 0.128. The van der Waals surface area contributed by atoms with E-state index in [1.165, 1.54) is 11.0 Å². The monoisotopic (exact) mass is 377 g/mol. The molecule has 3 aromatic rings. The van der Waals surface area contributed by atoms with E-state index in [1.54, 1.807) is 36.1 Å². The van der Waals surface area contributed by atoms with E-state index in [9.17, 15) is 18.0 Å². The van der Waals surface area contributed by atoms with Gasteiger partial charge in [0, 0.05) is 43.0 Å². The van der Waals surface area contributed by atoms with Crippen LogP contribution < -0.4 is 0 Å². The van der Waals surface area contributed by atoms with Crippen molar-refractivity contribution in [2.45, 2.75) is 19.6 Å². The summed E-state index contributed by atoms with van der Waals surface area (Å²) in [4.78, 5) is 14.2. The first-order valence-corrected chi connectivity index (χ1v) is 8.13. The first-order chi connectivity index (χ1) is 12.7. The molecular weight excluding hydrogens is 359 g/mol. The summed E-state index contributed by atoms with van der Waals surface area (Å²) >= 11 is 0. The minimum Gasteiger partial charge on any atom is -0.337 e. The van der Waals surface area contributed by atoms with E-state index in [0.717, 1.165) is 17.3 Å². The van der Waals surface area contributed by atoms with Gasteiger partial charge in [0.05, 0.1) is 11.9 Å². The molecule has 1 amide bonds. The van der Waals surface area contributed by atoms with Crippen LogP contribution in [-0.2, 0) is 19.8 Å². The average molecular weight is 377 g/mol. The van der Waals surface area contributed by atoms with Crippen molar-refractivity contribution >= 4 is 5.91 Å². The lowest BCUT2D eigenvalue weighted by atomic mass is 10.1. The zero-order chi connectivity index (χ0) is 19.8. The SMILES string of the molecule is Cc1c(CN(C)C(=O)c2cccc(-c3cc(C(F)(F)F)[nH]n3)c2)cnn1C. The molecule has 142 valence electrons. The summed E-state index contributed by atoms with van der Waals surface area (Å²) in [5, 5.41) is 9.83. The molecule has 0 atom stereocenters. The molecule has 0 spiro atoms. The highest BCUT2D eigenvalue weighted by atomic mass is 19.4. The number of H-pyrrole nitrogens is 1. The summed E-state index contributed by atoms with van der Waals surface area (Å²) in [6.45, 7) is 2.29. The molecule has 0 bridgehead atoms. The Hall–Kier alpha value is -3.10. The molecule has 0 radical (unpaired) electrons. The fourth-order valence-electron chi connectivity index (χ4n) is 2.67. The third-order valence-corrected chi connectivity index (χ3v) is 4.38. The van der Waals surface area contributed by atoms with Gasteiger partial charge in [-0.25, -0.2) is 0 Å². The topological polar surface area (TPSA) is 66.8 Å². The van der Waals surface area contributed by atoms with Crippen LogP contribution in [0, 0.1) is 6.92 Å². The Balaban J connectivity index is 1.81. The summed E-state index contributed by atoms with van der Waals surface area (Å²) in [5.41, 5.74) is 1.87. The first kappa shape index (κ1) is 18.7. The van der Waals surface area contributed by atoms with Crippen molar-refractivity contribution in [1.29, 1.82) is 0 Å². The molecule has 0 fully saturated rings. The van der Waals surface area contributed by atoms with Crippen LogP contribution in [0.3, 0.4) is 0 Å². The number of carbonyl (C=O) groups excluding carboxylic acids is 1. The van der Waals surface area contributed by atoms with Crippen molar-refractivity contribution in [3.63, 3.8) is 0 Å². The molecule has 0 saturated heterocycles. The number of hydrogen-bond acceptors (Lipinski definition) is 3. The van der Waals surface area contributed by atoms with Gasteiger partial charge < -0.3 is 4.90 Å². The van der Waals surface area contributed by atoms with Crippen molar-refractivity contribution in [3.05, 3.63) is 59.0 Å². The molecule has 1 aromatic carbocycles.